The fourth-order valence-electron chi connectivity index (χ4n) is 2.20. The molecule has 5 nitrogen and oxygen atoms in total. The number of hydrogen-bond donors (Lipinski definition) is 0. The Morgan fingerprint density at radius 2 is 1.50 bits per heavy atom. The molecule has 0 spiro atoms. The Bertz CT molecular complexity index is 763. The van der Waals surface area contributed by atoms with Crippen molar-refractivity contribution in [3.63, 3.8) is 0 Å². The molecule has 5 heteroatoms. The maximum Gasteiger partial charge on any atom is 0.226 e. The van der Waals surface area contributed by atoms with Gasteiger partial charge in [0.15, 0.2) is 0 Å². The first kappa shape index (κ1) is 15.9. The highest BCUT2D eigenvalue weighted by Crippen LogP contribution is 2.23. The third-order valence-corrected chi connectivity index (χ3v) is 3.41. The highest BCUT2D eigenvalue weighted by atomic mass is 16.5. The Balaban J connectivity index is 1.61. The Kier molecular flexibility index (Phi) is 5.01. The molecule has 0 unspecified atom stereocenters. The second-order valence-electron chi connectivity index (χ2n) is 5.07. The van der Waals surface area contributed by atoms with Gasteiger partial charge in [-0.25, -0.2) is 4.98 Å². The van der Waals surface area contributed by atoms with Gasteiger partial charge in [-0.2, -0.15) is 0 Å². The van der Waals surface area contributed by atoms with Crippen LogP contribution in [0.25, 0.3) is 11.5 Å². The van der Waals surface area contributed by atoms with Gasteiger partial charge in [-0.1, -0.05) is 0 Å². The van der Waals surface area contributed by atoms with Crippen LogP contribution in [-0.2, 0) is 6.61 Å². The first-order chi connectivity index (χ1) is 11.8. The molecule has 3 rings (SSSR count). The number of ether oxygens (including phenoxy) is 3. The number of rotatable bonds is 7. The van der Waals surface area contributed by atoms with Crippen molar-refractivity contribution in [1.82, 2.24) is 4.98 Å². The Labute approximate surface area is 140 Å². The molecule has 0 atom stereocenters. The van der Waals surface area contributed by atoms with E-state index in [0.717, 1.165) is 28.5 Å². The van der Waals surface area contributed by atoms with Gasteiger partial charge in [-0.3, -0.25) is 0 Å². The fraction of sp³-hybridized carbons (Fsp3) is 0.211. The van der Waals surface area contributed by atoms with E-state index >= 15 is 0 Å². The number of aromatic nitrogens is 1. The van der Waals surface area contributed by atoms with E-state index in [-0.39, 0.29) is 0 Å². The van der Waals surface area contributed by atoms with Crippen LogP contribution in [0.2, 0.25) is 0 Å². The molecule has 3 aromatic rings. The van der Waals surface area contributed by atoms with Crippen LogP contribution in [0, 0.1) is 0 Å². The van der Waals surface area contributed by atoms with E-state index in [1.165, 1.54) is 0 Å². The molecule has 1 heterocycles. The normalized spacial score (nSPS) is 10.4. The number of benzene rings is 2. The standard InChI is InChI=1S/C19H19NO4/c1-3-22-17-8-10-18(11-9-17)23-12-15-13-24-19(20-15)14-4-6-16(21-2)7-5-14/h4-11,13H,3,12H2,1-2H3. The molecule has 0 saturated heterocycles. The Morgan fingerprint density at radius 1 is 0.875 bits per heavy atom. The van der Waals surface area contributed by atoms with Crippen LogP contribution in [0.3, 0.4) is 0 Å². The van der Waals surface area contributed by atoms with E-state index in [2.05, 4.69) is 4.98 Å². The molecule has 0 radical (unpaired) electrons. The van der Waals surface area contributed by atoms with Crippen molar-refractivity contribution >= 4 is 0 Å². The average Bonchev–Trinajstić information content (AvgIpc) is 3.10. The zero-order valence-corrected chi connectivity index (χ0v) is 13.7. The van der Waals surface area contributed by atoms with E-state index in [0.29, 0.717) is 19.1 Å². The number of nitrogens with zero attached hydrogens (tertiary/aromatic N) is 1. The smallest absolute Gasteiger partial charge is 0.226 e. The van der Waals surface area contributed by atoms with Gasteiger partial charge in [0.2, 0.25) is 5.89 Å². The molecule has 1 aromatic heterocycles. The monoisotopic (exact) mass is 325 g/mol. The Hall–Kier alpha value is -2.95. The van der Waals surface area contributed by atoms with Crippen LogP contribution in [0.1, 0.15) is 12.6 Å². The average molecular weight is 325 g/mol. The van der Waals surface area contributed by atoms with Crippen molar-refractivity contribution in [1.29, 1.82) is 0 Å². The predicted molar refractivity (Wildman–Crippen MR) is 90.4 cm³/mol. The predicted octanol–water partition coefficient (Wildman–Crippen LogP) is 4.33. The van der Waals surface area contributed by atoms with Crippen molar-refractivity contribution in [2.45, 2.75) is 13.5 Å². The van der Waals surface area contributed by atoms with Gasteiger partial charge in [0.05, 0.1) is 13.7 Å². The molecule has 0 N–H and O–H groups in total. The van der Waals surface area contributed by atoms with Gasteiger partial charge in [0, 0.05) is 5.56 Å². The van der Waals surface area contributed by atoms with E-state index in [1.807, 2.05) is 55.5 Å². The van der Waals surface area contributed by atoms with Crippen LogP contribution in [-0.4, -0.2) is 18.7 Å². The second-order valence-corrected chi connectivity index (χ2v) is 5.07. The van der Waals surface area contributed by atoms with Crippen molar-refractivity contribution in [3.05, 3.63) is 60.5 Å². The minimum atomic E-state index is 0.341. The first-order valence-electron chi connectivity index (χ1n) is 7.73. The topological polar surface area (TPSA) is 53.7 Å². The molecule has 0 saturated carbocycles. The molecule has 0 fully saturated rings. The number of oxazole rings is 1. The van der Waals surface area contributed by atoms with Crippen LogP contribution < -0.4 is 14.2 Å². The number of methoxy groups -OCH3 is 1. The third-order valence-electron chi connectivity index (χ3n) is 3.41. The van der Waals surface area contributed by atoms with Gasteiger partial charge >= 0.3 is 0 Å². The first-order valence-corrected chi connectivity index (χ1v) is 7.73. The molecule has 24 heavy (non-hydrogen) atoms. The second kappa shape index (κ2) is 7.55. The molecule has 0 aliphatic heterocycles. The molecule has 124 valence electrons. The lowest BCUT2D eigenvalue weighted by Crippen LogP contribution is -1.96. The summed E-state index contributed by atoms with van der Waals surface area (Å²) in [6, 6.07) is 15.1. The summed E-state index contributed by atoms with van der Waals surface area (Å²) < 4.78 is 21.8. The molecule has 0 amide bonds. The zero-order valence-electron chi connectivity index (χ0n) is 13.7. The van der Waals surface area contributed by atoms with Gasteiger partial charge in [-0.05, 0) is 55.5 Å². The van der Waals surface area contributed by atoms with Crippen LogP contribution >= 0.6 is 0 Å². The highest BCUT2D eigenvalue weighted by molar-refractivity contribution is 5.54. The summed E-state index contributed by atoms with van der Waals surface area (Å²) in [5.41, 5.74) is 1.62. The summed E-state index contributed by atoms with van der Waals surface area (Å²) in [4.78, 5) is 4.44. The van der Waals surface area contributed by atoms with E-state index < -0.39 is 0 Å². The summed E-state index contributed by atoms with van der Waals surface area (Å²) >= 11 is 0. The maximum atomic E-state index is 5.71. The van der Waals surface area contributed by atoms with Crippen molar-refractivity contribution < 1.29 is 18.6 Å². The Morgan fingerprint density at radius 3 is 2.12 bits per heavy atom. The minimum absolute atomic E-state index is 0.341. The van der Waals surface area contributed by atoms with Crippen molar-refractivity contribution in [2.75, 3.05) is 13.7 Å². The fourth-order valence-corrected chi connectivity index (χ4v) is 2.20. The lowest BCUT2D eigenvalue weighted by molar-refractivity contribution is 0.299. The van der Waals surface area contributed by atoms with Crippen molar-refractivity contribution in [2.24, 2.45) is 0 Å². The molecular formula is C19H19NO4. The summed E-state index contributed by atoms with van der Waals surface area (Å²) in [6.45, 7) is 2.94. The van der Waals surface area contributed by atoms with E-state index in [4.69, 9.17) is 18.6 Å². The highest BCUT2D eigenvalue weighted by Gasteiger charge is 2.07. The lowest BCUT2D eigenvalue weighted by atomic mass is 10.2. The molecule has 2 aromatic carbocycles. The van der Waals surface area contributed by atoms with Crippen LogP contribution in [0.4, 0.5) is 0 Å². The number of hydrogen-bond acceptors (Lipinski definition) is 5. The minimum Gasteiger partial charge on any atom is -0.497 e. The molecule has 0 bridgehead atoms. The van der Waals surface area contributed by atoms with Crippen molar-refractivity contribution in [3.8, 4) is 28.7 Å². The SMILES string of the molecule is CCOc1ccc(OCc2coc(-c3ccc(OC)cc3)n2)cc1. The lowest BCUT2D eigenvalue weighted by Gasteiger charge is -2.06. The van der Waals surface area contributed by atoms with Crippen LogP contribution in [0.5, 0.6) is 17.2 Å². The summed E-state index contributed by atoms with van der Waals surface area (Å²) in [5, 5.41) is 0. The van der Waals surface area contributed by atoms with E-state index in [9.17, 15) is 0 Å². The quantitative estimate of drug-likeness (QED) is 0.647. The van der Waals surface area contributed by atoms with Crippen LogP contribution in [0.15, 0.2) is 59.2 Å². The molecule has 0 aliphatic carbocycles. The van der Waals surface area contributed by atoms with Gasteiger partial charge < -0.3 is 18.6 Å². The summed E-state index contributed by atoms with van der Waals surface area (Å²) in [6.07, 6.45) is 1.61. The molecular weight excluding hydrogens is 306 g/mol. The van der Waals surface area contributed by atoms with Gasteiger partial charge in [0.25, 0.3) is 0 Å². The molecule has 0 aliphatic rings. The van der Waals surface area contributed by atoms with E-state index in [1.54, 1.807) is 13.4 Å². The zero-order chi connectivity index (χ0) is 16.8. The maximum absolute atomic E-state index is 5.71. The summed E-state index contributed by atoms with van der Waals surface area (Å²) in [5.74, 6) is 2.94. The largest absolute Gasteiger partial charge is 0.497 e. The van der Waals surface area contributed by atoms with Gasteiger partial charge in [-0.15, -0.1) is 0 Å². The third kappa shape index (κ3) is 3.87. The summed E-state index contributed by atoms with van der Waals surface area (Å²) in [7, 11) is 1.64. The van der Waals surface area contributed by atoms with Gasteiger partial charge in [0.1, 0.15) is 35.8 Å².